The normalized spacial score (nSPS) is 15.2. The summed E-state index contributed by atoms with van der Waals surface area (Å²) < 4.78 is 32.5. The van der Waals surface area contributed by atoms with Crippen LogP contribution in [0.5, 0.6) is 0 Å². The molecule has 1 aliphatic rings. The van der Waals surface area contributed by atoms with E-state index in [-0.39, 0.29) is 10.8 Å². The summed E-state index contributed by atoms with van der Waals surface area (Å²) in [4.78, 5) is 26.6. The number of benzene rings is 1. The van der Waals surface area contributed by atoms with Crippen molar-refractivity contribution in [3.8, 4) is 11.6 Å². The van der Waals surface area contributed by atoms with E-state index in [9.17, 15) is 13.2 Å². The number of piperazine rings is 1. The number of hydrogen-bond acceptors (Lipinski definition) is 11. The lowest BCUT2D eigenvalue weighted by Crippen LogP contribution is -2.47. The SMILES string of the molecule is CS(=O)(=O)c1ccc(N2CCN(CCn3c(=O)sc4c3nc(N)n3nc(-c5ccco5)nc43)CC2)cc1. The van der Waals surface area contributed by atoms with Gasteiger partial charge in [-0.25, -0.2) is 13.4 Å². The maximum atomic E-state index is 12.9. The summed E-state index contributed by atoms with van der Waals surface area (Å²) in [7, 11) is -3.21. The van der Waals surface area contributed by atoms with E-state index >= 15 is 0 Å². The summed E-state index contributed by atoms with van der Waals surface area (Å²) in [6.07, 6.45) is 2.75. The highest BCUT2D eigenvalue weighted by atomic mass is 32.2. The zero-order valence-corrected chi connectivity index (χ0v) is 21.6. The molecule has 4 aromatic heterocycles. The van der Waals surface area contributed by atoms with Crippen molar-refractivity contribution in [2.45, 2.75) is 11.4 Å². The minimum absolute atomic E-state index is 0.123. The molecule has 0 aliphatic carbocycles. The number of anilines is 2. The number of furan rings is 1. The zero-order valence-electron chi connectivity index (χ0n) is 19.9. The van der Waals surface area contributed by atoms with E-state index in [4.69, 9.17) is 10.2 Å². The first kappa shape index (κ1) is 23.6. The van der Waals surface area contributed by atoms with Gasteiger partial charge in [0.15, 0.2) is 26.9 Å². The Labute approximate surface area is 215 Å². The molecule has 0 unspecified atom stereocenters. The van der Waals surface area contributed by atoms with Crippen molar-refractivity contribution >= 4 is 48.8 Å². The van der Waals surface area contributed by atoms with Crippen molar-refractivity contribution in [3.63, 3.8) is 0 Å². The topological polar surface area (TPSA) is 145 Å². The van der Waals surface area contributed by atoms with Gasteiger partial charge < -0.3 is 15.1 Å². The number of rotatable bonds is 6. The quantitative estimate of drug-likeness (QED) is 0.337. The summed E-state index contributed by atoms with van der Waals surface area (Å²) in [5, 5.41) is 4.39. The van der Waals surface area contributed by atoms with Gasteiger partial charge in [0.25, 0.3) is 0 Å². The second-order valence-electron chi connectivity index (χ2n) is 8.89. The highest BCUT2D eigenvalue weighted by molar-refractivity contribution is 7.90. The zero-order chi connectivity index (χ0) is 25.7. The fraction of sp³-hybridized carbons (Fsp3) is 0.304. The molecule has 37 heavy (non-hydrogen) atoms. The highest BCUT2D eigenvalue weighted by Crippen LogP contribution is 2.26. The van der Waals surface area contributed by atoms with Crippen molar-refractivity contribution in [2.24, 2.45) is 0 Å². The van der Waals surface area contributed by atoms with Gasteiger partial charge in [0.05, 0.1) is 11.2 Å². The number of nitrogens with two attached hydrogens (primary N) is 1. The van der Waals surface area contributed by atoms with Gasteiger partial charge in [-0.1, -0.05) is 11.3 Å². The van der Waals surface area contributed by atoms with Crippen LogP contribution in [0.2, 0.25) is 0 Å². The van der Waals surface area contributed by atoms with E-state index in [1.165, 1.54) is 10.8 Å². The molecule has 1 aliphatic heterocycles. The summed E-state index contributed by atoms with van der Waals surface area (Å²) in [6, 6.07) is 10.5. The Bertz CT molecular complexity index is 1750. The monoisotopic (exact) mass is 540 g/mol. The molecule has 0 radical (unpaired) electrons. The number of aromatic nitrogens is 5. The first-order valence-electron chi connectivity index (χ1n) is 11.6. The van der Waals surface area contributed by atoms with Gasteiger partial charge in [0.1, 0.15) is 4.70 Å². The fourth-order valence-corrected chi connectivity index (χ4v) is 6.07. The minimum Gasteiger partial charge on any atom is -0.461 e. The third-order valence-electron chi connectivity index (χ3n) is 6.50. The molecule has 0 bridgehead atoms. The van der Waals surface area contributed by atoms with Crippen molar-refractivity contribution in [3.05, 3.63) is 52.3 Å². The van der Waals surface area contributed by atoms with Gasteiger partial charge in [-0.15, -0.1) is 5.10 Å². The van der Waals surface area contributed by atoms with Crippen LogP contribution in [0.25, 0.3) is 27.6 Å². The van der Waals surface area contributed by atoms with Gasteiger partial charge >= 0.3 is 4.87 Å². The molecular formula is C23H24N8O4S2. The third kappa shape index (κ3) is 4.36. The maximum Gasteiger partial charge on any atom is 0.309 e. The van der Waals surface area contributed by atoms with E-state index < -0.39 is 9.84 Å². The Morgan fingerprint density at radius 3 is 2.46 bits per heavy atom. The Kier molecular flexibility index (Phi) is 5.73. The van der Waals surface area contributed by atoms with Crippen molar-refractivity contribution in [1.82, 2.24) is 29.0 Å². The standard InChI is InChI=1S/C23H24N8O4S2/c1-37(33,34)16-6-4-15(5-7-16)29-11-8-28(9-12-29)10-13-30-20-18(36-23(30)32)21-25-19(17-3-2-14-35-17)27-31(21)22(24)26-20/h2-7,14H,8-13H2,1H3,(H2,24,26). The largest absolute Gasteiger partial charge is 0.461 e. The minimum atomic E-state index is -3.21. The van der Waals surface area contributed by atoms with Gasteiger partial charge in [-0.2, -0.15) is 9.50 Å². The van der Waals surface area contributed by atoms with Crippen molar-refractivity contribution in [2.75, 3.05) is 49.6 Å². The van der Waals surface area contributed by atoms with Crippen molar-refractivity contribution < 1.29 is 12.8 Å². The summed E-state index contributed by atoms with van der Waals surface area (Å²) in [5.74, 6) is 1.03. The molecule has 12 nitrogen and oxygen atoms in total. The number of hydrogen-bond donors (Lipinski definition) is 1. The number of nitrogen functional groups attached to an aromatic ring is 1. The average molecular weight is 541 g/mol. The lowest BCUT2D eigenvalue weighted by atomic mass is 10.2. The fourth-order valence-electron chi connectivity index (χ4n) is 4.51. The molecule has 0 atom stereocenters. The van der Waals surface area contributed by atoms with Crippen molar-refractivity contribution in [1.29, 1.82) is 0 Å². The molecule has 192 valence electrons. The van der Waals surface area contributed by atoms with Gasteiger partial charge in [-0.3, -0.25) is 14.3 Å². The van der Waals surface area contributed by atoms with E-state index in [2.05, 4.69) is 24.9 Å². The van der Waals surface area contributed by atoms with Crippen LogP contribution in [0.4, 0.5) is 11.6 Å². The maximum absolute atomic E-state index is 12.9. The Hall–Kier alpha value is -3.75. The van der Waals surface area contributed by atoms with Crippen LogP contribution in [-0.4, -0.2) is 76.4 Å². The van der Waals surface area contributed by atoms with Crippen LogP contribution in [0.15, 0.2) is 56.8 Å². The Morgan fingerprint density at radius 1 is 1.03 bits per heavy atom. The molecule has 5 aromatic rings. The first-order chi connectivity index (χ1) is 17.8. The molecule has 0 amide bonds. The molecule has 6 rings (SSSR count). The Balaban J connectivity index is 1.17. The van der Waals surface area contributed by atoms with E-state index in [1.807, 2.05) is 12.1 Å². The predicted octanol–water partition coefficient (Wildman–Crippen LogP) is 1.57. The second kappa shape index (κ2) is 8.97. The molecule has 0 saturated carbocycles. The second-order valence-corrected chi connectivity index (χ2v) is 11.9. The summed E-state index contributed by atoms with van der Waals surface area (Å²) in [6.45, 7) is 4.41. The third-order valence-corrected chi connectivity index (χ3v) is 8.59. The number of nitrogens with zero attached hydrogens (tertiary/aromatic N) is 7. The first-order valence-corrected chi connectivity index (χ1v) is 14.4. The molecule has 14 heteroatoms. The molecule has 5 heterocycles. The van der Waals surface area contributed by atoms with E-state index in [0.717, 1.165) is 43.2 Å². The summed E-state index contributed by atoms with van der Waals surface area (Å²) >= 11 is 1.08. The molecule has 1 fully saturated rings. The average Bonchev–Trinajstić information content (AvgIpc) is 3.62. The molecule has 2 N–H and O–H groups in total. The molecule has 0 spiro atoms. The number of thiazole rings is 1. The van der Waals surface area contributed by atoms with Crippen LogP contribution in [-0.2, 0) is 16.4 Å². The summed E-state index contributed by atoms with van der Waals surface area (Å²) in [5.41, 5.74) is 8.15. The van der Waals surface area contributed by atoms with Gasteiger partial charge in [0, 0.05) is 51.2 Å². The number of fused-ring (bicyclic) bond motifs is 3. The van der Waals surface area contributed by atoms with Gasteiger partial charge in [0.2, 0.25) is 11.8 Å². The highest BCUT2D eigenvalue weighted by Gasteiger charge is 2.22. The molecule has 1 saturated heterocycles. The molecule has 1 aromatic carbocycles. The Morgan fingerprint density at radius 2 is 1.78 bits per heavy atom. The van der Waals surface area contributed by atoms with E-state index in [0.29, 0.717) is 45.6 Å². The predicted molar refractivity (Wildman–Crippen MR) is 141 cm³/mol. The lowest BCUT2D eigenvalue weighted by Gasteiger charge is -2.36. The molecular weight excluding hydrogens is 516 g/mol. The van der Waals surface area contributed by atoms with Gasteiger partial charge in [-0.05, 0) is 36.4 Å². The van der Waals surface area contributed by atoms with Crippen LogP contribution in [0.3, 0.4) is 0 Å². The lowest BCUT2D eigenvalue weighted by molar-refractivity contribution is 0.248. The van der Waals surface area contributed by atoms with Crippen LogP contribution in [0, 0.1) is 0 Å². The van der Waals surface area contributed by atoms with Crippen LogP contribution in [0.1, 0.15) is 0 Å². The van der Waals surface area contributed by atoms with Crippen LogP contribution < -0.4 is 15.5 Å². The smallest absolute Gasteiger partial charge is 0.309 e. The number of sulfone groups is 1. The van der Waals surface area contributed by atoms with Crippen LogP contribution >= 0.6 is 11.3 Å². The van der Waals surface area contributed by atoms with E-state index in [1.54, 1.807) is 35.1 Å².